The van der Waals surface area contributed by atoms with Crippen LogP contribution in [0.2, 0.25) is 0 Å². The van der Waals surface area contributed by atoms with Crippen molar-refractivity contribution in [1.29, 1.82) is 0 Å². The smallest absolute Gasteiger partial charge is 0.123 e. The Morgan fingerprint density at radius 3 is 2.56 bits per heavy atom. The second-order valence-electron chi connectivity index (χ2n) is 4.42. The van der Waals surface area contributed by atoms with Gasteiger partial charge < -0.3 is 10.1 Å². The molecule has 1 N–H and O–H groups in total. The predicted molar refractivity (Wildman–Crippen MR) is 61.7 cm³/mol. The van der Waals surface area contributed by atoms with E-state index in [4.69, 9.17) is 4.74 Å². The molecule has 2 rings (SSSR count). The molecule has 0 aromatic heterocycles. The normalized spacial score (nSPS) is 26.9. The van der Waals surface area contributed by atoms with Crippen LogP contribution < -0.4 is 5.32 Å². The summed E-state index contributed by atoms with van der Waals surface area (Å²) in [5.41, 5.74) is 1.09. The van der Waals surface area contributed by atoms with Gasteiger partial charge in [-0.3, -0.25) is 0 Å². The standard InChI is InChI=1S/C13H18FNO/c1-9-7-8-16-13(9)12(15-2)10-3-5-11(14)6-4-10/h3-6,9,12-13,15H,7-8H2,1-2H3. The first-order valence-corrected chi connectivity index (χ1v) is 5.76. The maximum atomic E-state index is 12.9. The summed E-state index contributed by atoms with van der Waals surface area (Å²) in [5, 5.41) is 3.26. The van der Waals surface area contributed by atoms with Crippen molar-refractivity contribution >= 4 is 0 Å². The van der Waals surface area contributed by atoms with Crippen molar-refractivity contribution in [3.63, 3.8) is 0 Å². The Hall–Kier alpha value is -0.930. The van der Waals surface area contributed by atoms with E-state index in [9.17, 15) is 4.39 Å². The van der Waals surface area contributed by atoms with Crippen LogP contribution in [0.15, 0.2) is 24.3 Å². The fourth-order valence-electron chi connectivity index (χ4n) is 2.33. The lowest BCUT2D eigenvalue weighted by Crippen LogP contribution is -2.32. The quantitative estimate of drug-likeness (QED) is 0.850. The molecule has 0 aliphatic carbocycles. The summed E-state index contributed by atoms with van der Waals surface area (Å²) >= 11 is 0. The van der Waals surface area contributed by atoms with Gasteiger partial charge in [-0.2, -0.15) is 0 Å². The van der Waals surface area contributed by atoms with E-state index in [-0.39, 0.29) is 18.0 Å². The second-order valence-corrected chi connectivity index (χ2v) is 4.42. The molecular formula is C13H18FNO. The van der Waals surface area contributed by atoms with Crippen molar-refractivity contribution < 1.29 is 9.13 Å². The van der Waals surface area contributed by atoms with E-state index in [2.05, 4.69) is 12.2 Å². The fraction of sp³-hybridized carbons (Fsp3) is 0.538. The number of halogens is 1. The van der Waals surface area contributed by atoms with Crippen molar-refractivity contribution in [2.24, 2.45) is 5.92 Å². The Kier molecular flexibility index (Phi) is 3.56. The molecule has 0 amide bonds. The van der Waals surface area contributed by atoms with Gasteiger partial charge in [0, 0.05) is 6.61 Å². The van der Waals surface area contributed by atoms with Gasteiger partial charge in [-0.25, -0.2) is 4.39 Å². The Bertz CT molecular complexity index is 338. The maximum absolute atomic E-state index is 12.9. The lowest BCUT2D eigenvalue weighted by Gasteiger charge is -2.26. The minimum atomic E-state index is -0.195. The van der Waals surface area contributed by atoms with Gasteiger partial charge in [-0.05, 0) is 37.1 Å². The first kappa shape index (κ1) is 11.6. The van der Waals surface area contributed by atoms with E-state index in [1.807, 2.05) is 19.2 Å². The van der Waals surface area contributed by atoms with E-state index in [1.54, 1.807) is 0 Å². The van der Waals surface area contributed by atoms with E-state index in [0.717, 1.165) is 18.6 Å². The Morgan fingerprint density at radius 1 is 1.38 bits per heavy atom. The molecule has 88 valence electrons. The van der Waals surface area contributed by atoms with Gasteiger partial charge in [-0.1, -0.05) is 19.1 Å². The summed E-state index contributed by atoms with van der Waals surface area (Å²) in [5.74, 6) is 0.349. The van der Waals surface area contributed by atoms with Crippen molar-refractivity contribution in [3.8, 4) is 0 Å². The number of hydrogen-bond acceptors (Lipinski definition) is 2. The zero-order chi connectivity index (χ0) is 11.5. The molecule has 3 heteroatoms. The monoisotopic (exact) mass is 223 g/mol. The number of ether oxygens (including phenoxy) is 1. The van der Waals surface area contributed by atoms with E-state index in [0.29, 0.717) is 5.92 Å². The van der Waals surface area contributed by atoms with Crippen LogP contribution in [0, 0.1) is 11.7 Å². The van der Waals surface area contributed by atoms with Gasteiger partial charge in [0.1, 0.15) is 5.82 Å². The van der Waals surface area contributed by atoms with Crippen LogP contribution in [-0.4, -0.2) is 19.8 Å². The largest absolute Gasteiger partial charge is 0.376 e. The van der Waals surface area contributed by atoms with Crippen LogP contribution in [0.3, 0.4) is 0 Å². The number of rotatable bonds is 3. The maximum Gasteiger partial charge on any atom is 0.123 e. The molecule has 1 aliphatic heterocycles. The molecule has 1 aromatic rings. The topological polar surface area (TPSA) is 21.3 Å². The van der Waals surface area contributed by atoms with Crippen LogP contribution in [0.5, 0.6) is 0 Å². The first-order valence-electron chi connectivity index (χ1n) is 5.76. The zero-order valence-corrected chi connectivity index (χ0v) is 9.74. The zero-order valence-electron chi connectivity index (χ0n) is 9.74. The van der Waals surface area contributed by atoms with Gasteiger partial charge >= 0.3 is 0 Å². The average Bonchev–Trinajstić information content (AvgIpc) is 2.69. The van der Waals surface area contributed by atoms with E-state index in [1.165, 1.54) is 12.1 Å². The molecule has 1 fully saturated rings. The van der Waals surface area contributed by atoms with Crippen molar-refractivity contribution in [1.82, 2.24) is 5.32 Å². The number of nitrogens with one attached hydrogen (secondary N) is 1. The molecule has 3 unspecified atom stereocenters. The van der Waals surface area contributed by atoms with E-state index >= 15 is 0 Å². The molecular weight excluding hydrogens is 205 g/mol. The highest BCUT2D eigenvalue weighted by Gasteiger charge is 2.31. The van der Waals surface area contributed by atoms with Crippen LogP contribution in [0.25, 0.3) is 0 Å². The highest BCUT2D eigenvalue weighted by molar-refractivity contribution is 5.21. The molecule has 0 bridgehead atoms. The molecule has 0 radical (unpaired) electrons. The van der Waals surface area contributed by atoms with Gasteiger partial charge in [-0.15, -0.1) is 0 Å². The second kappa shape index (κ2) is 4.93. The number of likely N-dealkylation sites (N-methyl/N-ethyl adjacent to an activating group) is 1. The lowest BCUT2D eigenvalue weighted by molar-refractivity contribution is 0.0631. The van der Waals surface area contributed by atoms with Crippen LogP contribution >= 0.6 is 0 Å². The summed E-state index contributed by atoms with van der Waals surface area (Å²) < 4.78 is 18.6. The summed E-state index contributed by atoms with van der Waals surface area (Å²) in [6, 6.07) is 6.80. The molecule has 0 spiro atoms. The summed E-state index contributed by atoms with van der Waals surface area (Å²) in [6.07, 6.45) is 1.29. The Balaban J connectivity index is 2.18. The van der Waals surface area contributed by atoms with Gasteiger partial charge in [0.05, 0.1) is 12.1 Å². The Morgan fingerprint density at radius 2 is 2.06 bits per heavy atom. The molecule has 1 heterocycles. The average molecular weight is 223 g/mol. The summed E-state index contributed by atoms with van der Waals surface area (Å²) in [7, 11) is 1.92. The third kappa shape index (κ3) is 2.25. The molecule has 2 nitrogen and oxygen atoms in total. The molecule has 1 aromatic carbocycles. The Labute approximate surface area is 95.8 Å². The minimum Gasteiger partial charge on any atom is -0.376 e. The molecule has 0 saturated carbocycles. The number of hydrogen-bond donors (Lipinski definition) is 1. The van der Waals surface area contributed by atoms with Crippen LogP contribution in [-0.2, 0) is 4.74 Å². The highest BCUT2D eigenvalue weighted by atomic mass is 19.1. The lowest BCUT2D eigenvalue weighted by atomic mass is 9.92. The third-order valence-electron chi connectivity index (χ3n) is 3.31. The molecule has 3 atom stereocenters. The highest BCUT2D eigenvalue weighted by Crippen LogP contribution is 2.30. The fourth-order valence-corrected chi connectivity index (χ4v) is 2.33. The van der Waals surface area contributed by atoms with Gasteiger partial charge in [0.2, 0.25) is 0 Å². The van der Waals surface area contributed by atoms with Gasteiger partial charge in [0.15, 0.2) is 0 Å². The minimum absolute atomic E-state index is 0.151. The SMILES string of the molecule is CNC(c1ccc(F)cc1)C1OCCC1C. The molecule has 1 saturated heterocycles. The first-order chi connectivity index (χ1) is 7.72. The van der Waals surface area contributed by atoms with Gasteiger partial charge in [0.25, 0.3) is 0 Å². The van der Waals surface area contributed by atoms with Crippen LogP contribution in [0.4, 0.5) is 4.39 Å². The third-order valence-corrected chi connectivity index (χ3v) is 3.31. The van der Waals surface area contributed by atoms with E-state index < -0.39 is 0 Å². The van der Waals surface area contributed by atoms with Crippen molar-refractivity contribution in [2.45, 2.75) is 25.5 Å². The summed E-state index contributed by atoms with van der Waals surface area (Å²) in [6.45, 7) is 3.02. The van der Waals surface area contributed by atoms with Crippen molar-refractivity contribution in [2.75, 3.05) is 13.7 Å². The van der Waals surface area contributed by atoms with Crippen LogP contribution in [0.1, 0.15) is 24.9 Å². The molecule has 1 aliphatic rings. The number of benzene rings is 1. The van der Waals surface area contributed by atoms with Crippen molar-refractivity contribution in [3.05, 3.63) is 35.6 Å². The summed E-state index contributed by atoms with van der Waals surface area (Å²) in [4.78, 5) is 0. The molecule has 16 heavy (non-hydrogen) atoms. The predicted octanol–water partition coefficient (Wildman–Crippen LogP) is 2.51.